The van der Waals surface area contributed by atoms with Crippen molar-refractivity contribution in [1.29, 1.82) is 0 Å². The number of nitrogens with one attached hydrogen (secondary N) is 2. The van der Waals surface area contributed by atoms with Crippen LogP contribution in [0.15, 0.2) is 24.3 Å². The van der Waals surface area contributed by atoms with Crippen molar-refractivity contribution in [2.24, 2.45) is 5.92 Å². The third-order valence-electron chi connectivity index (χ3n) is 5.04. The van der Waals surface area contributed by atoms with Crippen LogP contribution in [0.2, 0.25) is 0 Å². The number of benzene rings is 1. The molecule has 1 aromatic rings. The SMILES string of the molecule is C[C@@H](NC(=O)C1CCCC1)C(=O)Nc1cccc(OC[C@H]2CCCO2)c1. The fraction of sp³-hybridized carbons (Fsp3) is 0.600. The van der Waals surface area contributed by atoms with Crippen molar-refractivity contribution in [3.8, 4) is 5.75 Å². The highest BCUT2D eigenvalue weighted by molar-refractivity contribution is 5.97. The minimum atomic E-state index is -0.570. The van der Waals surface area contributed by atoms with E-state index in [0.29, 0.717) is 18.0 Å². The van der Waals surface area contributed by atoms with E-state index in [0.717, 1.165) is 45.1 Å². The van der Waals surface area contributed by atoms with E-state index < -0.39 is 6.04 Å². The van der Waals surface area contributed by atoms with Gasteiger partial charge in [-0.15, -0.1) is 0 Å². The van der Waals surface area contributed by atoms with Gasteiger partial charge in [0.25, 0.3) is 0 Å². The molecule has 1 saturated heterocycles. The maximum atomic E-state index is 12.4. The standard InChI is InChI=1S/C20H28N2O4/c1-14(21-20(24)15-6-2-3-7-15)19(23)22-16-8-4-9-17(12-16)26-13-18-10-5-11-25-18/h4,8-9,12,14-15,18H,2-3,5-7,10-11,13H2,1H3,(H,21,24)(H,22,23)/t14-,18-/m1/s1. The van der Waals surface area contributed by atoms with E-state index >= 15 is 0 Å². The van der Waals surface area contributed by atoms with Crippen LogP contribution in [-0.4, -0.2) is 37.2 Å². The quantitative estimate of drug-likeness (QED) is 0.784. The van der Waals surface area contributed by atoms with Crippen LogP contribution in [0.3, 0.4) is 0 Å². The Balaban J connectivity index is 1.48. The topological polar surface area (TPSA) is 76.7 Å². The van der Waals surface area contributed by atoms with Crippen molar-refractivity contribution in [2.75, 3.05) is 18.5 Å². The van der Waals surface area contributed by atoms with Gasteiger partial charge in [-0.3, -0.25) is 9.59 Å². The van der Waals surface area contributed by atoms with E-state index in [4.69, 9.17) is 9.47 Å². The molecule has 1 heterocycles. The van der Waals surface area contributed by atoms with Gasteiger partial charge in [0.05, 0.1) is 6.10 Å². The van der Waals surface area contributed by atoms with Crippen molar-refractivity contribution in [3.05, 3.63) is 24.3 Å². The van der Waals surface area contributed by atoms with Gasteiger partial charge < -0.3 is 20.1 Å². The molecule has 0 unspecified atom stereocenters. The number of carbonyl (C=O) groups is 2. The molecule has 0 radical (unpaired) electrons. The molecule has 26 heavy (non-hydrogen) atoms. The Morgan fingerprint density at radius 3 is 2.77 bits per heavy atom. The summed E-state index contributed by atoms with van der Waals surface area (Å²) < 4.78 is 11.3. The van der Waals surface area contributed by atoms with Gasteiger partial charge >= 0.3 is 0 Å². The lowest BCUT2D eigenvalue weighted by Crippen LogP contribution is -2.43. The normalized spacial score (nSPS) is 21.3. The van der Waals surface area contributed by atoms with Crippen LogP contribution in [0.1, 0.15) is 45.4 Å². The van der Waals surface area contributed by atoms with Crippen LogP contribution >= 0.6 is 0 Å². The third-order valence-corrected chi connectivity index (χ3v) is 5.04. The zero-order valence-corrected chi connectivity index (χ0v) is 15.3. The number of hydrogen-bond donors (Lipinski definition) is 2. The lowest BCUT2D eigenvalue weighted by molar-refractivity contribution is -0.128. The minimum Gasteiger partial charge on any atom is -0.491 e. The first-order chi connectivity index (χ1) is 12.6. The summed E-state index contributed by atoms with van der Waals surface area (Å²) in [4.78, 5) is 24.5. The van der Waals surface area contributed by atoms with E-state index in [1.165, 1.54) is 0 Å². The lowest BCUT2D eigenvalue weighted by atomic mass is 10.1. The molecule has 1 aliphatic carbocycles. The lowest BCUT2D eigenvalue weighted by Gasteiger charge is -2.17. The van der Waals surface area contributed by atoms with Gasteiger partial charge in [0.2, 0.25) is 11.8 Å². The molecule has 2 fully saturated rings. The molecule has 6 heteroatoms. The molecule has 2 N–H and O–H groups in total. The molecule has 3 rings (SSSR count). The van der Waals surface area contributed by atoms with Gasteiger partial charge in [0.1, 0.15) is 18.4 Å². The van der Waals surface area contributed by atoms with Crippen molar-refractivity contribution in [3.63, 3.8) is 0 Å². The molecule has 0 spiro atoms. The highest BCUT2D eigenvalue weighted by Crippen LogP contribution is 2.25. The van der Waals surface area contributed by atoms with Crippen molar-refractivity contribution in [2.45, 2.75) is 57.6 Å². The van der Waals surface area contributed by atoms with Crippen LogP contribution in [-0.2, 0) is 14.3 Å². The Hall–Kier alpha value is -2.08. The van der Waals surface area contributed by atoms with Crippen LogP contribution in [0.25, 0.3) is 0 Å². The van der Waals surface area contributed by atoms with E-state index in [9.17, 15) is 9.59 Å². The summed E-state index contributed by atoms with van der Waals surface area (Å²) in [7, 11) is 0. The Bertz CT molecular complexity index is 622. The van der Waals surface area contributed by atoms with Crippen LogP contribution < -0.4 is 15.4 Å². The predicted molar refractivity (Wildman–Crippen MR) is 99.1 cm³/mol. The largest absolute Gasteiger partial charge is 0.491 e. The second kappa shape index (κ2) is 9.03. The fourth-order valence-corrected chi connectivity index (χ4v) is 3.46. The first kappa shape index (κ1) is 18.7. The van der Waals surface area contributed by atoms with Gasteiger partial charge in [-0.05, 0) is 44.7 Å². The minimum absolute atomic E-state index is 0.0150. The van der Waals surface area contributed by atoms with E-state index in [2.05, 4.69) is 10.6 Å². The first-order valence-corrected chi connectivity index (χ1v) is 9.57. The van der Waals surface area contributed by atoms with Crippen molar-refractivity contribution >= 4 is 17.5 Å². The summed E-state index contributed by atoms with van der Waals surface area (Å²) in [6.07, 6.45) is 6.28. The zero-order valence-electron chi connectivity index (χ0n) is 15.3. The molecule has 142 valence electrons. The van der Waals surface area contributed by atoms with E-state index in [1.54, 1.807) is 13.0 Å². The van der Waals surface area contributed by atoms with Gasteiger partial charge in [-0.25, -0.2) is 0 Å². The maximum absolute atomic E-state index is 12.4. The van der Waals surface area contributed by atoms with E-state index in [-0.39, 0.29) is 23.8 Å². The summed E-state index contributed by atoms with van der Waals surface area (Å²) >= 11 is 0. The first-order valence-electron chi connectivity index (χ1n) is 9.57. The highest BCUT2D eigenvalue weighted by atomic mass is 16.5. The van der Waals surface area contributed by atoms with Gasteiger partial charge in [-0.2, -0.15) is 0 Å². The molecule has 0 bridgehead atoms. The van der Waals surface area contributed by atoms with Gasteiger partial charge in [0, 0.05) is 24.3 Å². The molecule has 6 nitrogen and oxygen atoms in total. The molecule has 1 aromatic carbocycles. The molecular formula is C20H28N2O4. The Labute approximate surface area is 154 Å². The van der Waals surface area contributed by atoms with Crippen LogP contribution in [0, 0.1) is 5.92 Å². The molecule has 2 aliphatic rings. The summed E-state index contributed by atoms with van der Waals surface area (Å²) in [6.45, 7) is 3.03. The third kappa shape index (κ3) is 5.21. The number of carbonyl (C=O) groups excluding carboxylic acids is 2. The number of amides is 2. The van der Waals surface area contributed by atoms with Crippen LogP contribution in [0.4, 0.5) is 5.69 Å². The monoisotopic (exact) mass is 360 g/mol. The number of anilines is 1. The van der Waals surface area contributed by atoms with Crippen molar-refractivity contribution in [1.82, 2.24) is 5.32 Å². The molecular weight excluding hydrogens is 332 g/mol. The molecule has 1 saturated carbocycles. The van der Waals surface area contributed by atoms with Crippen molar-refractivity contribution < 1.29 is 19.1 Å². The number of hydrogen-bond acceptors (Lipinski definition) is 4. The Kier molecular flexibility index (Phi) is 6.50. The summed E-state index contributed by atoms with van der Waals surface area (Å²) in [5.74, 6) is 0.507. The Morgan fingerprint density at radius 2 is 2.04 bits per heavy atom. The zero-order chi connectivity index (χ0) is 18.4. The summed E-state index contributed by atoms with van der Waals surface area (Å²) in [6, 6.07) is 6.72. The number of ether oxygens (including phenoxy) is 2. The molecule has 2 amide bonds. The predicted octanol–water partition coefficient (Wildman–Crippen LogP) is 2.88. The number of rotatable bonds is 7. The van der Waals surface area contributed by atoms with Gasteiger partial charge in [-0.1, -0.05) is 18.9 Å². The highest BCUT2D eigenvalue weighted by Gasteiger charge is 2.25. The maximum Gasteiger partial charge on any atom is 0.246 e. The fourth-order valence-electron chi connectivity index (χ4n) is 3.46. The molecule has 1 aliphatic heterocycles. The summed E-state index contributed by atoms with van der Waals surface area (Å²) in [5, 5.41) is 5.66. The molecule has 0 aromatic heterocycles. The van der Waals surface area contributed by atoms with Gasteiger partial charge in [0.15, 0.2) is 0 Å². The smallest absolute Gasteiger partial charge is 0.246 e. The average Bonchev–Trinajstić information content (AvgIpc) is 3.34. The Morgan fingerprint density at radius 1 is 1.23 bits per heavy atom. The molecule has 2 atom stereocenters. The second-order valence-electron chi connectivity index (χ2n) is 7.17. The van der Waals surface area contributed by atoms with Crippen LogP contribution in [0.5, 0.6) is 5.75 Å². The van der Waals surface area contributed by atoms with E-state index in [1.807, 2.05) is 18.2 Å². The summed E-state index contributed by atoms with van der Waals surface area (Å²) in [5.41, 5.74) is 0.654. The average molecular weight is 360 g/mol. The second-order valence-corrected chi connectivity index (χ2v) is 7.17.